The zero-order valence-electron chi connectivity index (χ0n) is 26.2. The first-order valence-electron chi connectivity index (χ1n) is 16.1. The van der Waals surface area contributed by atoms with Crippen LogP contribution in [0.3, 0.4) is 0 Å². The minimum atomic E-state index is -0.733. The summed E-state index contributed by atoms with van der Waals surface area (Å²) in [7, 11) is 1.72. The molecule has 2 aromatic heterocycles. The highest BCUT2D eigenvalue weighted by molar-refractivity contribution is 6.03. The van der Waals surface area contributed by atoms with E-state index in [9.17, 15) is 9.50 Å². The fourth-order valence-electron chi connectivity index (χ4n) is 8.38. The summed E-state index contributed by atoms with van der Waals surface area (Å²) >= 11 is 0. The van der Waals surface area contributed by atoms with Crippen LogP contribution in [0.25, 0.3) is 32.9 Å². The van der Waals surface area contributed by atoms with E-state index in [2.05, 4.69) is 37.6 Å². The van der Waals surface area contributed by atoms with Crippen molar-refractivity contribution >= 4 is 27.5 Å². The van der Waals surface area contributed by atoms with Crippen LogP contribution in [0.5, 0.6) is 11.8 Å². The lowest BCUT2D eigenvalue weighted by atomic mass is 9.94. The van der Waals surface area contributed by atoms with Gasteiger partial charge in [-0.1, -0.05) is 24.1 Å². The maximum atomic E-state index is 16.9. The van der Waals surface area contributed by atoms with Gasteiger partial charge in [0.25, 0.3) is 0 Å². The van der Waals surface area contributed by atoms with Crippen molar-refractivity contribution in [3.63, 3.8) is 0 Å². The molecule has 242 valence electrons. The summed E-state index contributed by atoms with van der Waals surface area (Å²) in [4.78, 5) is 18.7. The van der Waals surface area contributed by atoms with E-state index in [1.807, 2.05) is 0 Å². The highest BCUT2D eigenvalue weighted by Gasteiger charge is 2.51. The van der Waals surface area contributed by atoms with Gasteiger partial charge in [0.2, 0.25) is 0 Å². The molecule has 2 aromatic carbocycles. The first-order chi connectivity index (χ1) is 22.8. The molecular weight excluding hydrogens is 602 g/mol. The van der Waals surface area contributed by atoms with Crippen molar-refractivity contribution in [2.75, 3.05) is 44.9 Å². The highest BCUT2D eigenvalue weighted by atomic mass is 19.1. The van der Waals surface area contributed by atoms with Gasteiger partial charge < -0.3 is 24.8 Å². The summed E-state index contributed by atoms with van der Waals surface area (Å²) in [5.74, 6) is 1.47. The maximum Gasteiger partial charge on any atom is 0.319 e. The number of phenols is 1. The van der Waals surface area contributed by atoms with E-state index < -0.39 is 11.6 Å². The molecule has 4 saturated heterocycles. The highest BCUT2D eigenvalue weighted by Crippen LogP contribution is 2.45. The smallest absolute Gasteiger partial charge is 0.319 e. The summed E-state index contributed by atoms with van der Waals surface area (Å²) in [5, 5.41) is 15.4. The number of aromatic nitrogens is 3. The van der Waals surface area contributed by atoms with E-state index >= 15 is 4.39 Å². The van der Waals surface area contributed by atoms with Crippen LogP contribution >= 0.6 is 0 Å². The summed E-state index contributed by atoms with van der Waals surface area (Å²) in [6.45, 7) is 7.44. The number of rotatable bonds is 7. The van der Waals surface area contributed by atoms with Gasteiger partial charge >= 0.3 is 6.01 Å². The summed E-state index contributed by atoms with van der Waals surface area (Å²) in [5.41, 5.74) is 0.951. The second kappa shape index (κ2) is 11.4. The van der Waals surface area contributed by atoms with Crippen LogP contribution in [0, 0.1) is 24.0 Å². The van der Waals surface area contributed by atoms with Gasteiger partial charge in [-0.05, 0) is 55.7 Å². The van der Waals surface area contributed by atoms with E-state index in [4.69, 9.17) is 20.9 Å². The van der Waals surface area contributed by atoms with Gasteiger partial charge in [0.05, 0.1) is 23.1 Å². The number of terminal acetylenes is 1. The van der Waals surface area contributed by atoms with Crippen molar-refractivity contribution < 1.29 is 23.4 Å². The second-order valence-electron chi connectivity index (χ2n) is 13.4. The lowest BCUT2D eigenvalue weighted by Crippen LogP contribution is -2.51. The Balaban J connectivity index is 1.25. The summed E-state index contributed by atoms with van der Waals surface area (Å²) in [6, 6.07) is 6.51. The molecule has 4 atom stereocenters. The number of ether oxygens (including phenoxy) is 2. The van der Waals surface area contributed by atoms with Crippen molar-refractivity contribution in [3.05, 3.63) is 59.8 Å². The molecule has 0 radical (unpaired) electrons. The molecule has 0 saturated carbocycles. The Kier molecular flexibility index (Phi) is 7.28. The van der Waals surface area contributed by atoms with Crippen LogP contribution in [0.1, 0.15) is 37.7 Å². The molecule has 4 aromatic rings. The Morgan fingerprint density at radius 2 is 1.98 bits per heavy atom. The number of methoxy groups -OCH3 is 1. The monoisotopic (exact) mass is 638 g/mol. The Hall–Kier alpha value is -4.37. The van der Waals surface area contributed by atoms with Crippen LogP contribution in [0.15, 0.2) is 42.6 Å². The standard InChI is InChI=1S/C36H36F2N6O3/c1-4-26-29(37)8-5-21-11-25(45)12-27(30(21)26)32-31(38)33-28(14-39-32)34(43-16-22-6-7-23(17-43)40-22)42-35(41-33)47-19-36-10-9-24(18-46-3)44(36)15-20(2)13-36/h1,5,8,11-12,14,22-24,40,45H,2,6-7,9-10,13,15-19H2,3H3/t22-,23+,24-,36+/m1/s1. The average Bonchev–Trinajstić information content (AvgIpc) is 3.69. The average molecular weight is 639 g/mol. The van der Waals surface area contributed by atoms with Gasteiger partial charge in [0.1, 0.15) is 35.2 Å². The van der Waals surface area contributed by atoms with Crippen molar-refractivity contribution in [2.45, 2.75) is 55.8 Å². The number of fused-ring (bicyclic) bond motifs is 5. The number of hydrogen-bond donors (Lipinski definition) is 2. The third kappa shape index (κ3) is 4.98. The number of phenolic OH excluding ortho intramolecular Hbond substituents is 1. The molecule has 47 heavy (non-hydrogen) atoms. The number of nitrogens with zero attached hydrogens (tertiary/aromatic N) is 5. The van der Waals surface area contributed by atoms with Crippen molar-refractivity contribution in [3.8, 4) is 35.4 Å². The number of nitrogens with one attached hydrogen (secondary N) is 1. The van der Waals surface area contributed by atoms with Crippen molar-refractivity contribution in [1.82, 2.24) is 25.2 Å². The molecule has 6 heterocycles. The molecule has 2 N–H and O–H groups in total. The minimum absolute atomic E-state index is 0.0323. The van der Waals surface area contributed by atoms with E-state index in [1.54, 1.807) is 13.3 Å². The van der Waals surface area contributed by atoms with E-state index in [0.29, 0.717) is 55.0 Å². The molecule has 0 amide bonds. The first-order valence-corrected chi connectivity index (χ1v) is 16.1. The van der Waals surface area contributed by atoms with Gasteiger partial charge in [-0.25, -0.2) is 8.78 Å². The molecule has 9 nitrogen and oxygen atoms in total. The predicted octanol–water partition coefficient (Wildman–Crippen LogP) is 4.94. The number of benzene rings is 2. The summed E-state index contributed by atoms with van der Waals surface area (Å²) in [6.07, 6.45) is 12.1. The van der Waals surface area contributed by atoms with Gasteiger partial charge in [-0.2, -0.15) is 9.97 Å². The first kappa shape index (κ1) is 30.0. The van der Waals surface area contributed by atoms with Gasteiger partial charge in [-0.3, -0.25) is 9.88 Å². The number of halogens is 2. The minimum Gasteiger partial charge on any atom is -0.508 e. The largest absolute Gasteiger partial charge is 0.508 e. The SMILES string of the molecule is C#Cc1c(F)ccc2cc(O)cc(-c3ncc4c(N5C[C@H]6CC[C@@H](C5)N6)nc(OC[C@@]56CC[C@H](COC)N5CC(=C)C6)nc4c3F)c12. The third-order valence-corrected chi connectivity index (χ3v) is 10.4. The molecule has 0 aliphatic carbocycles. The predicted molar refractivity (Wildman–Crippen MR) is 176 cm³/mol. The lowest BCUT2D eigenvalue weighted by molar-refractivity contribution is 0.0522. The number of piperazine rings is 1. The van der Waals surface area contributed by atoms with Crippen molar-refractivity contribution in [2.24, 2.45) is 0 Å². The molecular formula is C36H36F2N6O3. The number of aromatic hydroxyl groups is 1. The van der Waals surface area contributed by atoms with Crippen molar-refractivity contribution in [1.29, 1.82) is 0 Å². The normalized spacial score (nSPS) is 25.5. The Labute approximate surface area is 271 Å². The van der Waals surface area contributed by atoms with E-state index in [1.165, 1.54) is 24.3 Å². The zero-order valence-corrected chi connectivity index (χ0v) is 26.2. The molecule has 0 spiro atoms. The van der Waals surface area contributed by atoms with Crippen LogP contribution in [0.4, 0.5) is 14.6 Å². The molecule has 2 bridgehead atoms. The third-order valence-electron chi connectivity index (χ3n) is 10.4. The lowest BCUT2D eigenvalue weighted by Gasteiger charge is -2.35. The fourth-order valence-corrected chi connectivity index (χ4v) is 8.38. The summed E-state index contributed by atoms with van der Waals surface area (Å²) < 4.78 is 43.7. The fraction of sp³-hybridized carbons (Fsp3) is 0.417. The Morgan fingerprint density at radius 1 is 1.17 bits per heavy atom. The quantitative estimate of drug-likeness (QED) is 0.216. The van der Waals surface area contributed by atoms with Crippen LogP contribution in [-0.2, 0) is 4.74 Å². The Morgan fingerprint density at radius 3 is 2.74 bits per heavy atom. The van der Waals surface area contributed by atoms with E-state index in [-0.39, 0.29) is 51.1 Å². The molecule has 11 heteroatoms. The molecule has 4 aliphatic rings. The van der Waals surface area contributed by atoms with Crippen LogP contribution in [0.2, 0.25) is 0 Å². The molecule has 0 unspecified atom stereocenters. The number of hydrogen-bond acceptors (Lipinski definition) is 9. The van der Waals surface area contributed by atoms with E-state index in [0.717, 1.165) is 44.2 Å². The second-order valence-corrected chi connectivity index (χ2v) is 13.4. The van der Waals surface area contributed by atoms with Gasteiger partial charge in [-0.15, -0.1) is 6.42 Å². The maximum absolute atomic E-state index is 16.9. The zero-order chi connectivity index (χ0) is 32.4. The van der Waals surface area contributed by atoms with Gasteiger partial charge in [0, 0.05) is 62.0 Å². The topological polar surface area (TPSA) is 95.9 Å². The Bertz CT molecular complexity index is 1970. The molecule has 4 aliphatic heterocycles. The van der Waals surface area contributed by atoms with Crippen LogP contribution < -0.4 is 15.0 Å². The molecule has 8 rings (SSSR count). The molecule has 4 fully saturated rings. The number of anilines is 1. The van der Waals surface area contributed by atoms with Gasteiger partial charge in [0.15, 0.2) is 5.82 Å². The van der Waals surface area contributed by atoms with Crippen LogP contribution in [-0.4, -0.2) is 88.6 Å². The number of pyridine rings is 1.